The summed E-state index contributed by atoms with van der Waals surface area (Å²) < 4.78 is 19.9. The molecule has 0 amide bonds. The van der Waals surface area contributed by atoms with Gasteiger partial charge in [0.25, 0.3) is 5.56 Å². The molecule has 0 bridgehead atoms. The summed E-state index contributed by atoms with van der Waals surface area (Å²) in [5.74, 6) is -0.0990. The number of halogens is 1. The summed E-state index contributed by atoms with van der Waals surface area (Å²) in [6.07, 6.45) is 0. The van der Waals surface area contributed by atoms with E-state index >= 15 is 0 Å². The van der Waals surface area contributed by atoms with Crippen molar-refractivity contribution in [3.8, 4) is 5.88 Å². The second-order valence-corrected chi connectivity index (χ2v) is 4.00. The molecule has 0 saturated heterocycles. The van der Waals surface area contributed by atoms with Crippen LogP contribution in [0, 0.1) is 5.82 Å². The average molecular weight is 263 g/mol. The van der Waals surface area contributed by atoms with Crippen LogP contribution in [0.2, 0.25) is 0 Å². The third-order valence-corrected chi connectivity index (χ3v) is 2.72. The lowest BCUT2D eigenvalue weighted by molar-refractivity contribution is 0.378. The zero-order chi connectivity index (χ0) is 13.8. The van der Waals surface area contributed by atoms with Crippen molar-refractivity contribution in [1.29, 1.82) is 0 Å². The Balaban J connectivity index is 2.33. The fourth-order valence-electron chi connectivity index (χ4n) is 1.66. The number of aromatic nitrogens is 2. The highest BCUT2D eigenvalue weighted by Crippen LogP contribution is 2.11. The van der Waals surface area contributed by atoms with E-state index in [4.69, 9.17) is 10.5 Å². The Morgan fingerprint density at radius 1 is 1.37 bits per heavy atom. The first-order valence-electron chi connectivity index (χ1n) is 5.73. The maximum absolute atomic E-state index is 13.8. The highest BCUT2D eigenvalue weighted by atomic mass is 19.1. The predicted molar refractivity (Wildman–Crippen MR) is 68.4 cm³/mol. The molecule has 5 nitrogen and oxygen atoms in total. The molecule has 1 aromatic carbocycles. The molecular weight excluding hydrogens is 249 g/mol. The Hall–Kier alpha value is -2.21. The van der Waals surface area contributed by atoms with E-state index in [2.05, 4.69) is 5.10 Å². The Morgan fingerprint density at radius 2 is 2.16 bits per heavy atom. The quantitative estimate of drug-likeness (QED) is 0.889. The summed E-state index contributed by atoms with van der Waals surface area (Å²) in [5.41, 5.74) is 6.19. The van der Waals surface area contributed by atoms with Crippen LogP contribution in [0.5, 0.6) is 5.88 Å². The minimum absolute atomic E-state index is 0.0483. The van der Waals surface area contributed by atoms with Gasteiger partial charge in [0.2, 0.25) is 5.88 Å². The zero-order valence-corrected chi connectivity index (χ0v) is 10.5. The summed E-state index contributed by atoms with van der Waals surface area (Å²) in [5, 5.41) is 3.96. The maximum Gasteiger partial charge on any atom is 0.267 e. The topological polar surface area (TPSA) is 70.1 Å². The van der Waals surface area contributed by atoms with Crippen molar-refractivity contribution in [2.75, 3.05) is 7.11 Å². The van der Waals surface area contributed by atoms with Crippen LogP contribution < -0.4 is 16.0 Å². The first-order valence-corrected chi connectivity index (χ1v) is 5.73. The van der Waals surface area contributed by atoms with Crippen LogP contribution in [-0.4, -0.2) is 16.9 Å². The molecule has 0 aliphatic carbocycles. The van der Waals surface area contributed by atoms with Crippen LogP contribution in [0.3, 0.4) is 0 Å². The number of methoxy groups -OCH3 is 1. The van der Waals surface area contributed by atoms with E-state index < -0.39 is 5.82 Å². The van der Waals surface area contributed by atoms with Gasteiger partial charge in [-0.1, -0.05) is 12.1 Å². The Labute approximate surface area is 109 Å². The smallest absolute Gasteiger partial charge is 0.267 e. The summed E-state index contributed by atoms with van der Waals surface area (Å²) in [6, 6.07) is 7.49. The van der Waals surface area contributed by atoms with Gasteiger partial charge in [-0.25, -0.2) is 9.07 Å². The standard InChI is InChI=1S/C13H14FN3O2/c1-19-12-4-5-13(18)17(16-12)8-10-3-2-9(7-15)6-11(10)14/h2-6H,7-8,15H2,1H3. The molecule has 0 saturated carbocycles. The van der Waals surface area contributed by atoms with Crippen LogP contribution in [0.4, 0.5) is 4.39 Å². The highest BCUT2D eigenvalue weighted by Gasteiger charge is 2.07. The van der Waals surface area contributed by atoms with Gasteiger partial charge >= 0.3 is 0 Å². The number of rotatable bonds is 4. The largest absolute Gasteiger partial charge is 0.480 e. The molecule has 0 spiro atoms. The molecule has 6 heteroatoms. The van der Waals surface area contributed by atoms with Crippen molar-refractivity contribution in [1.82, 2.24) is 9.78 Å². The van der Waals surface area contributed by atoms with Gasteiger partial charge in [-0.15, -0.1) is 5.10 Å². The van der Waals surface area contributed by atoms with Crippen molar-refractivity contribution in [2.45, 2.75) is 13.1 Å². The molecule has 0 aliphatic heterocycles. The van der Waals surface area contributed by atoms with Gasteiger partial charge < -0.3 is 10.5 Å². The number of hydrogen-bond donors (Lipinski definition) is 1. The van der Waals surface area contributed by atoms with E-state index in [1.165, 1.54) is 25.3 Å². The van der Waals surface area contributed by atoms with Crippen molar-refractivity contribution in [3.63, 3.8) is 0 Å². The van der Waals surface area contributed by atoms with Gasteiger partial charge in [-0.2, -0.15) is 0 Å². The molecule has 0 unspecified atom stereocenters. The molecule has 2 aromatic rings. The Kier molecular flexibility index (Phi) is 3.91. The molecule has 2 N–H and O–H groups in total. The first kappa shape index (κ1) is 13.2. The summed E-state index contributed by atoms with van der Waals surface area (Å²) in [7, 11) is 1.45. The molecule has 100 valence electrons. The lowest BCUT2D eigenvalue weighted by atomic mass is 10.1. The molecule has 2 rings (SSSR count). The van der Waals surface area contributed by atoms with Crippen LogP contribution >= 0.6 is 0 Å². The van der Waals surface area contributed by atoms with E-state index in [0.29, 0.717) is 17.0 Å². The third-order valence-electron chi connectivity index (χ3n) is 2.72. The average Bonchev–Trinajstić information content (AvgIpc) is 2.43. The van der Waals surface area contributed by atoms with E-state index in [1.807, 2.05) is 0 Å². The fourth-order valence-corrected chi connectivity index (χ4v) is 1.66. The third kappa shape index (κ3) is 2.97. The molecule has 0 radical (unpaired) electrons. The molecular formula is C13H14FN3O2. The molecule has 1 aromatic heterocycles. The van der Waals surface area contributed by atoms with Crippen LogP contribution in [0.1, 0.15) is 11.1 Å². The predicted octanol–water partition coefficient (Wildman–Crippen LogP) is 0.898. The molecule has 19 heavy (non-hydrogen) atoms. The van der Waals surface area contributed by atoms with Crippen molar-refractivity contribution < 1.29 is 9.13 Å². The maximum atomic E-state index is 13.8. The summed E-state index contributed by atoms with van der Waals surface area (Å²) >= 11 is 0. The van der Waals surface area contributed by atoms with Crippen LogP contribution in [0.15, 0.2) is 35.1 Å². The minimum Gasteiger partial charge on any atom is -0.480 e. The van der Waals surface area contributed by atoms with Gasteiger partial charge in [0, 0.05) is 24.2 Å². The number of ether oxygens (including phenoxy) is 1. The lowest BCUT2D eigenvalue weighted by Gasteiger charge is -2.08. The zero-order valence-electron chi connectivity index (χ0n) is 10.5. The van der Waals surface area contributed by atoms with Crippen molar-refractivity contribution >= 4 is 0 Å². The second-order valence-electron chi connectivity index (χ2n) is 4.00. The molecule has 1 heterocycles. The van der Waals surface area contributed by atoms with Crippen molar-refractivity contribution in [3.05, 3.63) is 57.6 Å². The van der Waals surface area contributed by atoms with Crippen LogP contribution in [0.25, 0.3) is 0 Å². The monoisotopic (exact) mass is 263 g/mol. The number of nitrogens with zero attached hydrogens (tertiary/aromatic N) is 2. The van der Waals surface area contributed by atoms with Crippen LogP contribution in [-0.2, 0) is 13.1 Å². The van der Waals surface area contributed by atoms with E-state index in [9.17, 15) is 9.18 Å². The van der Waals surface area contributed by atoms with Gasteiger partial charge in [-0.05, 0) is 11.6 Å². The Bertz CT molecular complexity index is 640. The van der Waals surface area contributed by atoms with Crippen molar-refractivity contribution in [2.24, 2.45) is 5.73 Å². The van der Waals surface area contributed by atoms with E-state index in [0.717, 1.165) is 4.68 Å². The SMILES string of the molecule is COc1ccc(=O)n(Cc2ccc(CN)cc2F)n1. The van der Waals surface area contributed by atoms with E-state index in [1.54, 1.807) is 12.1 Å². The lowest BCUT2D eigenvalue weighted by Crippen LogP contribution is -2.23. The van der Waals surface area contributed by atoms with Gasteiger partial charge in [0.05, 0.1) is 13.7 Å². The number of hydrogen-bond acceptors (Lipinski definition) is 4. The summed E-state index contributed by atoms with van der Waals surface area (Å²) in [4.78, 5) is 11.6. The fraction of sp³-hybridized carbons (Fsp3) is 0.231. The van der Waals surface area contributed by atoms with E-state index in [-0.39, 0.29) is 18.6 Å². The highest BCUT2D eigenvalue weighted by molar-refractivity contribution is 5.24. The number of benzene rings is 1. The Morgan fingerprint density at radius 3 is 2.79 bits per heavy atom. The molecule has 0 fully saturated rings. The minimum atomic E-state index is -0.403. The molecule has 0 aliphatic rings. The summed E-state index contributed by atoms with van der Waals surface area (Å²) in [6.45, 7) is 0.321. The van der Waals surface area contributed by atoms with Gasteiger partial charge in [0.1, 0.15) is 5.82 Å². The second kappa shape index (κ2) is 5.62. The molecule has 0 atom stereocenters. The number of nitrogens with two attached hydrogens (primary N) is 1. The first-order chi connectivity index (χ1) is 9.13. The van der Waals surface area contributed by atoms with Gasteiger partial charge in [-0.3, -0.25) is 4.79 Å². The van der Waals surface area contributed by atoms with Gasteiger partial charge in [0.15, 0.2) is 0 Å². The normalized spacial score (nSPS) is 10.5.